The van der Waals surface area contributed by atoms with Crippen LogP contribution in [0.15, 0.2) is 46.1 Å². The second kappa shape index (κ2) is 5.57. The van der Waals surface area contributed by atoms with Gasteiger partial charge >= 0.3 is 0 Å². The van der Waals surface area contributed by atoms with E-state index in [0.29, 0.717) is 18.1 Å². The minimum absolute atomic E-state index is 0.0231. The molecule has 1 aromatic carbocycles. The van der Waals surface area contributed by atoms with Crippen LogP contribution >= 0.6 is 0 Å². The molecule has 6 nitrogen and oxygen atoms in total. The van der Waals surface area contributed by atoms with Gasteiger partial charge in [-0.15, -0.1) is 4.40 Å². The number of sulfonamides is 1. The number of fused-ring (bicyclic) bond motifs is 1. The molecule has 1 aromatic rings. The molecule has 0 N–H and O–H groups in total. The van der Waals surface area contributed by atoms with Crippen molar-refractivity contribution in [2.24, 2.45) is 9.39 Å². The molecule has 0 unspecified atom stereocenters. The fraction of sp³-hybridized carbons (Fsp3) is 0.333. The molecule has 0 atom stereocenters. The van der Waals surface area contributed by atoms with Crippen molar-refractivity contribution in [3.8, 4) is 5.75 Å². The van der Waals surface area contributed by atoms with Crippen LogP contribution in [0.2, 0.25) is 0 Å². The highest BCUT2D eigenvalue weighted by atomic mass is 32.2. The summed E-state index contributed by atoms with van der Waals surface area (Å²) in [5.41, 5.74) is 1.36. The van der Waals surface area contributed by atoms with Crippen LogP contribution in [-0.4, -0.2) is 43.3 Å². The van der Waals surface area contributed by atoms with Crippen molar-refractivity contribution in [3.05, 3.63) is 42.2 Å². The van der Waals surface area contributed by atoms with Gasteiger partial charge in [-0.1, -0.05) is 0 Å². The molecule has 0 aromatic heterocycles. The predicted molar refractivity (Wildman–Crippen MR) is 85.8 cm³/mol. The van der Waals surface area contributed by atoms with Crippen LogP contribution in [-0.2, 0) is 10.0 Å². The van der Waals surface area contributed by atoms with Crippen molar-refractivity contribution in [2.45, 2.75) is 20.0 Å². The number of rotatable bonds is 3. The molecular formula is C15H17N3O3S. The van der Waals surface area contributed by atoms with E-state index in [4.69, 9.17) is 4.74 Å². The highest BCUT2D eigenvalue weighted by Gasteiger charge is 2.28. The van der Waals surface area contributed by atoms with E-state index in [-0.39, 0.29) is 11.9 Å². The second-order valence-corrected chi connectivity index (χ2v) is 7.12. The summed E-state index contributed by atoms with van der Waals surface area (Å²) in [5.74, 6) is 1.17. The SMILES string of the molecule is CC(C)Oc1ccc(C2=NC=CN3CCS(=O)(=O)N=C23)cc1. The molecule has 2 heterocycles. The maximum Gasteiger partial charge on any atom is 0.256 e. The van der Waals surface area contributed by atoms with Crippen molar-refractivity contribution >= 4 is 21.6 Å². The fourth-order valence-electron chi connectivity index (χ4n) is 2.29. The zero-order chi connectivity index (χ0) is 15.7. The van der Waals surface area contributed by atoms with Crippen LogP contribution in [0.25, 0.3) is 0 Å². The van der Waals surface area contributed by atoms with E-state index in [1.54, 1.807) is 12.4 Å². The minimum atomic E-state index is -3.41. The Bertz CT molecular complexity index is 762. The number of hydrogen-bond acceptors (Lipinski definition) is 5. The van der Waals surface area contributed by atoms with Gasteiger partial charge in [0.2, 0.25) is 0 Å². The second-order valence-electron chi connectivity index (χ2n) is 5.36. The van der Waals surface area contributed by atoms with Crippen molar-refractivity contribution in [3.63, 3.8) is 0 Å². The van der Waals surface area contributed by atoms with Gasteiger partial charge in [-0.25, -0.2) is 8.42 Å². The summed E-state index contributed by atoms with van der Waals surface area (Å²) < 4.78 is 33.0. The quantitative estimate of drug-likeness (QED) is 0.851. The van der Waals surface area contributed by atoms with Crippen LogP contribution in [0.1, 0.15) is 19.4 Å². The van der Waals surface area contributed by atoms with Gasteiger partial charge in [-0.05, 0) is 38.1 Å². The summed E-state index contributed by atoms with van der Waals surface area (Å²) in [7, 11) is -3.41. The molecule has 0 amide bonds. The van der Waals surface area contributed by atoms with Crippen LogP contribution in [0.3, 0.4) is 0 Å². The van der Waals surface area contributed by atoms with Crippen LogP contribution in [0.4, 0.5) is 0 Å². The lowest BCUT2D eigenvalue weighted by Crippen LogP contribution is -2.42. The molecule has 3 rings (SSSR count). The third-order valence-corrected chi connectivity index (χ3v) is 4.40. The first-order valence-electron chi connectivity index (χ1n) is 7.06. The Hall–Kier alpha value is -2.15. The van der Waals surface area contributed by atoms with Gasteiger partial charge in [0.15, 0.2) is 5.84 Å². The third kappa shape index (κ3) is 3.04. The number of aliphatic imine (C=N–C) groups is 1. The Morgan fingerprint density at radius 2 is 1.95 bits per heavy atom. The lowest BCUT2D eigenvalue weighted by atomic mass is 10.1. The number of nitrogens with zero attached hydrogens (tertiary/aromatic N) is 3. The topological polar surface area (TPSA) is 71.3 Å². The summed E-state index contributed by atoms with van der Waals surface area (Å²) in [6.45, 7) is 4.32. The van der Waals surface area contributed by atoms with Crippen molar-refractivity contribution in [2.75, 3.05) is 12.3 Å². The Labute approximate surface area is 129 Å². The van der Waals surface area contributed by atoms with Crippen LogP contribution < -0.4 is 4.74 Å². The number of amidine groups is 1. The minimum Gasteiger partial charge on any atom is -0.491 e. The molecule has 0 radical (unpaired) electrons. The zero-order valence-corrected chi connectivity index (χ0v) is 13.2. The van der Waals surface area contributed by atoms with Gasteiger partial charge in [0.1, 0.15) is 11.5 Å². The van der Waals surface area contributed by atoms with E-state index < -0.39 is 10.0 Å². The van der Waals surface area contributed by atoms with E-state index in [9.17, 15) is 8.42 Å². The molecule has 2 aliphatic heterocycles. The number of ether oxygens (including phenoxy) is 1. The normalized spacial score (nSPS) is 19.5. The van der Waals surface area contributed by atoms with Gasteiger partial charge in [-0.2, -0.15) is 0 Å². The van der Waals surface area contributed by atoms with E-state index >= 15 is 0 Å². The largest absolute Gasteiger partial charge is 0.491 e. The Morgan fingerprint density at radius 1 is 1.23 bits per heavy atom. The summed E-state index contributed by atoms with van der Waals surface area (Å²) >= 11 is 0. The van der Waals surface area contributed by atoms with E-state index in [1.165, 1.54) is 0 Å². The van der Waals surface area contributed by atoms with Gasteiger partial charge < -0.3 is 9.64 Å². The highest BCUT2D eigenvalue weighted by molar-refractivity contribution is 7.90. The maximum atomic E-state index is 11.7. The fourth-order valence-corrected chi connectivity index (χ4v) is 3.26. The maximum absolute atomic E-state index is 11.7. The Balaban J connectivity index is 1.95. The molecule has 0 spiro atoms. The first kappa shape index (κ1) is 14.8. The van der Waals surface area contributed by atoms with Crippen LogP contribution in [0, 0.1) is 0 Å². The molecule has 22 heavy (non-hydrogen) atoms. The number of benzene rings is 1. The molecule has 116 valence electrons. The zero-order valence-electron chi connectivity index (χ0n) is 12.4. The van der Waals surface area contributed by atoms with Gasteiger partial charge in [-0.3, -0.25) is 4.99 Å². The monoisotopic (exact) mass is 319 g/mol. The molecule has 0 bridgehead atoms. The summed E-state index contributed by atoms with van der Waals surface area (Å²) in [5, 5.41) is 0. The standard InChI is InChI=1S/C15H17N3O3S/c1-11(2)21-13-5-3-12(4-6-13)14-15-17-22(19,20)10-9-18(15)8-7-16-14/h3-8,11H,9-10H2,1-2H3. The van der Waals surface area contributed by atoms with Crippen LogP contribution in [0.5, 0.6) is 5.75 Å². The summed E-state index contributed by atoms with van der Waals surface area (Å²) in [4.78, 5) is 6.11. The average Bonchev–Trinajstić information content (AvgIpc) is 2.46. The molecule has 0 fully saturated rings. The summed E-state index contributed by atoms with van der Waals surface area (Å²) in [6.07, 6.45) is 3.50. The van der Waals surface area contributed by atoms with Crippen molar-refractivity contribution in [1.29, 1.82) is 0 Å². The van der Waals surface area contributed by atoms with Gasteiger partial charge in [0.25, 0.3) is 10.0 Å². The smallest absolute Gasteiger partial charge is 0.256 e. The summed E-state index contributed by atoms with van der Waals surface area (Å²) in [6, 6.07) is 7.41. The van der Waals surface area contributed by atoms with E-state index in [2.05, 4.69) is 9.39 Å². The van der Waals surface area contributed by atoms with Crippen molar-refractivity contribution in [1.82, 2.24) is 4.90 Å². The first-order valence-corrected chi connectivity index (χ1v) is 8.67. The van der Waals surface area contributed by atoms with Crippen molar-refractivity contribution < 1.29 is 13.2 Å². The van der Waals surface area contributed by atoms with E-state index in [1.807, 2.05) is 43.0 Å². The third-order valence-electron chi connectivity index (χ3n) is 3.25. The molecule has 0 saturated carbocycles. The van der Waals surface area contributed by atoms with Gasteiger partial charge in [0.05, 0.1) is 11.9 Å². The molecule has 0 aliphatic carbocycles. The Morgan fingerprint density at radius 3 is 2.64 bits per heavy atom. The lowest BCUT2D eigenvalue weighted by Gasteiger charge is -2.28. The molecule has 0 saturated heterocycles. The molecule has 7 heteroatoms. The highest BCUT2D eigenvalue weighted by Crippen LogP contribution is 2.19. The van der Waals surface area contributed by atoms with E-state index in [0.717, 1.165) is 11.3 Å². The van der Waals surface area contributed by atoms with Gasteiger partial charge in [0, 0.05) is 24.5 Å². The predicted octanol–water partition coefficient (Wildman–Crippen LogP) is 1.79. The number of hydrogen-bond donors (Lipinski definition) is 0. The first-order chi connectivity index (χ1) is 10.4. The molecular weight excluding hydrogens is 302 g/mol. The lowest BCUT2D eigenvalue weighted by molar-refractivity contribution is 0.242. The average molecular weight is 319 g/mol. The molecule has 2 aliphatic rings. The Kier molecular flexibility index (Phi) is 3.74.